The van der Waals surface area contributed by atoms with Gasteiger partial charge in [-0.1, -0.05) is 62.3 Å². The van der Waals surface area contributed by atoms with E-state index >= 15 is 0 Å². The van der Waals surface area contributed by atoms with E-state index in [9.17, 15) is 0 Å². The van der Waals surface area contributed by atoms with E-state index in [2.05, 4.69) is 99.1 Å². The van der Waals surface area contributed by atoms with Gasteiger partial charge in [0.25, 0.3) is 0 Å². The van der Waals surface area contributed by atoms with Gasteiger partial charge in [0.2, 0.25) is 0 Å². The predicted octanol–water partition coefficient (Wildman–Crippen LogP) is 3.45. The minimum atomic E-state index is -1.34. The average Bonchev–Trinajstić information content (AvgIpc) is 3.26. The number of rotatable bonds is 3. The Kier molecular flexibility index (Phi) is 6.62. The third kappa shape index (κ3) is 5.21. The maximum absolute atomic E-state index is 4.91. The fourth-order valence-corrected chi connectivity index (χ4v) is 3.20. The van der Waals surface area contributed by atoms with Crippen molar-refractivity contribution >= 4 is 34.4 Å². The molecule has 3 heterocycles. The zero-order valence-corrected chi connectivity index (χ0v) is 23.9. The first-order valence-electron chi connectivity index (χ1n) is 10.1. The molecule has 3 aromatic rings. The van der Waals surface area contributed by atoms with Crippen LogP contribution in [-0.2, 0) is 16.2 Å². The molecule has 154 valence electrons. The topological polar surface area (TPSA) is 53.5 Å². The third-order valence-electron chi connectivity index (χ3n) is 5.10. The van der Waals surface area contributed by atoms with Crippen molar-refractivity contribution in [2.75, 3.05) is 0 Å². The summed E-state index contributed by atoms with van der Waals surface area (Å²) in [5.74, 6) is 0. The van der Waals surface area contributed by atoms with Crippen LogP contribution in [0.4, 0.5) is 0 Å². The van der Waals surface area contributed by atoms with Crippen molar-refractivity contribution in [2.24, 2.45) is 0 Å². The van der Waals surface area contributed by atoms with E-state index in [1.807, 2.05) is 13.8 Å². The summed E-state index contributed by atoms with van der Waals surface area (Å²) in [6.07, 6.45) is 6.16. The number of hydrogen-bond donors (Lipinski definition) is 0. The third-order valence-corrected chi connectivity index (χ3v) is 5.10. The van der Waals surface area contributed by atoms with Crippen LogP contribution in [0.1, 0.15) is 79.4 Å². The Morgan fingerprint density at radius 1 is 0.552 bits per heavy atom. The molecule has 0 aliphatic rings. The molecular weight excluding hydrogens is 551 g/mol. The number of nitrogens with zero attached hydrogens (tertiary/aromatic N) is 6. The molecule has 3 aromatic heterocycles. The van der Waals surface area contributed by atoms with Gasteiger partial charge in [0.15, 0.2) is 0 Å². The van der Waals surface area contributed by atoms with Crippen LogP contribution in [0.3, 0.4) is 0 Å². The molecule has 0 saturated heterocycles. The first-order chi connectivity index (χ1) is 12.8. The van der Waals surface area contributed by atoms with E-state index in [0.29, 0.717) is 0 Å². The molecule has 0 radical (unpaired) electrons. The molecule has 0 aliphatic carbocycles. The second-order valence-corrected chi connectivity index (χ2v) is 10.9. The van der Waals surface area contributed by atoms with E-state index in [-0.39, 0.29) is 43.5 Å². The summed E-state index contributed by atoms with van der Waals surface area (Å²) < 4.78 is 6.08. The molecular formula is C21H34BN6Tl. The van der Waals surface area contributed by atoms with Crippen LogP contribution >= 0.6 is 0 Å². The smallest absolute Gasteiger partial charge is 0.403 e. The molecule has 29 heavy (non-hydrogen) atoms. The van der Waals surface area contributed by atoms with Gasteiger partial charge in [0.1, 0.15) is 0 Å². The summed E-state index contributed by atoms with van der Waals surface area (Å²) >= 11 is 0. The van der Waals surface area contributed by atoms with Gasteiger partial charge in [-0.2, -0.15) is 0 Å². The van der Waals surface area contributed by atoms with Gasteiger partial charge in [-0.25, -0.2) is 15.3 Å². The van der Waals surface area contributed by atoms with Gasteiger partial charge in [0.05, 0.1) is 17.1 Å². The van der Waals surface area contributed by atoms with Crippen LogP contribution in [0.5, 0.6) is 0 Å². The SMILES string of the molecule is CC(C)(C)c1ccn([BH-](n2ccc(C(C)(C)C)n2)n2ccc(C(C)(C)C)n2)n1.[Tl+]. The van der Waals surface area contributed by atoms with Crippen LogP contribution < -0.4 is 0 Å². The van der Waals surface area contributed by atoms with Crippen molar-refractivity contribution in [3.8, 4) is 0 Å². The summed E-state index contributed by atoms with van der Waals surface area (Å²) in [7, 11) is -1.34. The molecule has 0 atom stereocenters. The van der Waals surface area contributed by atoms with Crippen molar-refractivity contribution in [3.63, 3.8) is 0 Å². The van der Waals surface area contributed by atoms with E-state index in [0.717, 1.165) is 17.1 Å². The summed E-state index contributed by atoms with van der Waals surface area (Å²) in [5, 5.41) is 14.7. The molecule has 6 nitrogen and oxygen atoms in total. The molecule has 0 N–H and O–H groups in total. The Hall–Kier alpha value is -1.38. The van der Waals surface area contributed by atoms with Crippen molar-refractivity contribution in [1.82, 2.24) is 29.1 Å². The molecule has 3 rings (SSSR count). The van der Waals surface area contributed by atoms with Crippen LogP contribution in [0.2, 0.25) is 0 Å². The van der Waals surface area contributed by atoms with Crippen molar-refractivity contribution in [1.29, 1.82) is 0 Å². The van der Waals surface area contributed by atoms with E-state index in [1.165, 1.54) is 0 Å². The van der Waals surface area contributed by atoms with Crippen molar-refractivity contribution in [3.05, 3.63) is 53.9 Å². The minimum absolute atomic E-state index is 0. The fraction of sp³-hybridized carbons (Fsp3) is 0.571. The van der Waals surface area contributed by atoms with Gasteiger partial charge < -0.3 is 13.8 Å². The van der Waals surface area contributed by atoms with Gasteiger partial charge >= 0.3 is 34.4 Å². The molecule has 0 unspecified atom stereocenters. The normalized spacial score (nSPS) is 13.0. The quantitative estimate of drug-likeness (QED) is 0.443. The van der Waals surface area contributed by atoms with E-state index < -0.39 is 7.12 Å². The van der Waals surface area contributed by atoms with Gasteiger partial charge in [-0.05, 0) is 36.8 Å². The van der Waals surface area contributed by atoms with E-state index in [1.54, 1.807) is 0 Å². The average molecular weight is 586 g/mol. The van der Waals surface area contributed by atoms with Gasteiger partial charge in [-0.15, -0.1) is 0 Å². The fourth-order valence-electron chi connectivity index (χ4n) is 3.20. The standard InChI is InChI=1S/C21H34BN6.Tl/c1-19(2,3)16-10-13-26(23-16)22(27-14-11-17(24-27)20(4,5)6)28-15-12-18(25-28)21(7,8)9;/h10-15,22H,1-9H3;/q-1;+1. The molecule has 0 saturated carbocycles. The molecule has 0 amide bonds. The minimum Gasteiger partial charge on any atom is -0.403 e. The second-order valence-electron chi connectivity index (χ2n) is 10.9. The molecule has 0 aromatic carbocycles. The molecule has 8 heteroatoms. The Bertz CT molecular complexity index is 825. The van der Waals surface area contributed by atoms with Crippen LogP contribution in [0.15, 0.2) is 36.8 Å². The van der Waals surface area contributed by atoms with Crippen LogP contribution in [-0.4, -0.2) is 63.5 Å². The van der Waals surface area contributed by atoms with E-state index in [4.69, 9.17) is 15.3 Å². The van der Waals surface area contributed by atoms with Crippen LogP contribution in [0.25, 0.3) is 0 Å². The zero-order valence-electron chi connectivity index (χ0n) is 19.4. The second kappa shape index (κ2) is 8.04. The maximum atomic E-state index is 4.91. The van der Waals surface area contributed by atoms with Gasteiger partial charge in [-0.3, -0.25) is 0 Å². The number of hydrogen-bond acceptors (Lipinski definition) is 3. The number of aromatic nitrogens is 6. The molecule has 0 spiro atoms. The summed E-state index contributed by atoms with van der Waals surface area (Å²) in [4.78, 5) is 0. The molecule has 0 fully saturated rings. The zero-order chi connectivity index (χ0) is 20.9. The maximum Gasteiger partial charge on any atom is 1.00 e. The Labute approximate surface area is 195 Å². The molecule has 0 aliphatic heterocycles. The Morgan fingerprint density at radius 3 is 0.966 bits per heavy atom. The van der Waals surface area contributed by atoms with Crippen molar-refractivity contribution < 1.29 is 0 Å². The Balaban J connectivity index is 0.00000300. The molecule has 0 bridgehead atoms. The summed E-state index contributed by atoms with van der Waals surface area (Å²) in [5.41, 5.74) is 3.19. The van der Waals surface area contributed by atoms with Crippen molar-refractivity contribution in [2.45, 2.75) is 78.6 Å². The summed E-state index contributed by atoms with van der Waals surface area (Å²) in [6, 6.07) is 6.30. The van der Waals surface area contributed by atoms with Crippen LogP contribution in [0, 0.1) is 0 Å². The predicted molar refractivity (Wildman–Crippen MR) is 122 cm³/mol. The Morgan fingerprint density at radius 2 is 0.793 bits per heavy atom. The largest absolute Gasteiger partial charge is 1.00 e. The monoisotopic (exact) mass is 586 g/mol. The van der Waals surface area contributed by atoms with Gasteiger partial charge in [0, 0.05) is 16.2 Å². The summed E-state index contributed by atoms with van der Waals surface area (Å²) in [6.45, 7) is 19.6. The first-order valence-corrected chi connectivity index (χ1v) is 10.1. The first kappa shape index (κ1) is 23.9.